The van der Waals surface area contributed by atoms with Gasteiger partial charge in [-0.1, -0.05) is 18.7 Å². The Hall–Kier alpha value is -4.11. The molecule has 0 radical (unpaired) electrons. The van der Waals surface area contributed by atoms with E-state index in [0.29, 0.717) is 33.5 Å². The maximum absolute atomic E-state index is 13.3. The number of hydrogen-bond acceptors (Lipinski definition) is 7. The lowest BCUT2D eigenvalue weighted by Crippen LogP contribution is -2.29. The second-order valence-corrected chi connectivity index (χ2v) is 8.82. The number of phenolic OH excluding ortho intramolecular Hbond substituents is 1. The molecular formula is C27H23BrN2O6. The van der Waals surface area contributed by atoms with Gasteiger partial charge >= 0.3 is 0 Å². The van der Waals surface area contributed by atoms with Crippen LogP contribution in [0.1, 0.15) is 22.7 Å². The first kappa shape index (κ1) is 25.0. The first-order valence-electron chi connectivity index (χ1n) is 10.9. The number of carbonyl (C=O) groups is 2. The van der Waals surface area contributed by atoms with Gasteiger partial charge in [-0.25, -0.2) is 0 Å². The molecule has 184 valence electrons. The molecule has 8 nitrogen and oxygen atoms in total. The van der Waals surface area contributed by atoms with Crippen molar-refractivity contribution in [3.63, 3.8) is 0 Å². The zero-order valence-corrected chi connectivity index (χ0v) is 20.9. The van der Waals surface area contributed by atoms with Crippen molar-refractivity contribution in [3.05, 3.63) is 100 Å². The van der Waals surface area contributed by atoms with Gasteiger partial charge in [0.25, 0.3) is 11.7 Å². The zero-order valence-electron chi connectivity index (χ0n) is 19.3. The standard InChI is InChI=1S/C27H23BrN2O6/c1-3-11-36-19-8-6-17(7-9-19)24(31)22-23(18-12-20(28)25(32)21(13-18)35-2)30(27(34)26(22)33)15-16-5-4-10-29-14-16/h3-10,12-14,23,31-32H,1,11,15H2,2H3/t23-/m1/s1. The minimum Gasteiger partial charge on any atom is -0.507 e. The van der Waals surface area contributed by atoms with Gasteiger partial charge in [0.2, 0.25) is 0 Å². The number of Topliss-reactive ketones (excluding diaryl/α,β-unsaturated/α-hetero) is 1. The average molecular weight is 551 g/mol. The highest BCUT2D eigenvalue weighted by Gasteiger charge is 2.46. The van der Waals surface area contributed by atoms with E-state index < -0.39 is 17.7 Å². The van der Waals surface area contributed by atoms with E-state index in [9.17, 15) is 19.8 Å². The Labute approximate surface area is 216 Å². The molecule has 1 aliphatic rings. The molecule has 36 heavy (non-hydrogen) atoms. The largest absolute Gasteiger partial charge is 0.507 e. The Bertz CT molecular complexity index is 1340. The number of ether oxygens (including phenoxy) is 2. The lowest BCUT2D eigenvalue weighted by Gasteiger charge is -2.26. The molecule has 4 rings (SSSR count). The van der Waals surface area contributed by atoms with Gasteiger partial charge < -0.3 is 24.6 Å². The Balaban J connectivity index is 1.85. The lowest BCUT2D eigenvalue weighted by molar-refractivity contribution is -0.140. The van der Waals surface area contributed by atoms with Gasteiger partial charge in [0.15, 0.2) is 11.5 Å². The van der Waals surface area contributed by atoms with Crippen LogP contribution in [0.5, 0.6) is 17.2 Å². The molecule has 1 saturated heterocycles. The van der Waals surface area contributed by atoms with E-state index in [4.69, 9.17) is 9.47 Å². The Morgan fingerprint density at radius 3 is 2.61 bits per heavy atom. The molecule has 1 fully saturated rings. The van der Waals surface area contributed by atoms with E-state index in [0.717, 1.165) is 0 Å². The normalized spacial score (nSPS) is 16.7. The van der Waals surface area contributed by atoms with Crippen molar-refractivity contribution >= 4 is 33.4 Å². The summed E-state index contributed by atoms with van der Waals surface area (Å²) in [5.41, 5.74) is 1.43. The van der Waals surface area contributed by atoms with Crippen molar-refractivity contribution in [1.82, 2.24) is 9.88 Å². The van der Waals surface area contributed by atoms with Gasteiger partial charge in [-0.15, -0.1) is 0 Å². The second kappa shape index (κ2) is 10.7. The van der Waals surface area contributed by atoms with Crippen LogP contribution in [0.25, 0.3) is 5.76 Å². The number of phenols is 1. The molecule has 3 aromatic rings. The summed E-state index contributed by atoms with van der Waals surface area (Å²) in [6.07, 6.45) is 4.83. The van der Waals surface area contributed by atoms with Crippen molar-refractivity contribution in [2.24, 2.45) is 0 Å². The molecule has 0 saturated carbocycles. The molecule has 1 atom stereocenters. The van der Waals surface area contributed by atoms with Crippen LogP contribution >= 0.6 is 15.9 Å². The maximum Gasteiger partial charge on any atom is 0.295 e. The third-order valence-corrected chi connectivity index (χ3v) is 6.30. The van der Waals surface area contributed by atoms with Crippen LogP contribution in [0.3, 0.4) is 0 Å². The maximum atomic E-state index is 13.3. The molecule has 0 unspecified atom stereocenters. The van der Waals surface area contributed by atoms with Crippen LogP contribution in [0.2, 0.25) is 0 Å². The van der Waals surface area contributed by atoms with E-state index in [2.05, 4.69) is 27.5 Å². The number of aromatic nitrogens is 1. The second-order valence-electron chi connectivity index (χ2n) is 7.97. The van der Waals surface area contributed by atoms with E-state index in [-0.39, 0.29) is 29.4 Å². The fourth-order valence-corrected chi connectivity index (χ4v) is 4.46. The number of aliphatic hydroxyl groups is 1. The van der Waals surface area contributed by atoms with Crippen molar-refractivity contribution in [1.29, 1.82) is 0 Å². The van der Waals surface area contributed by atoms with Gasteiger partial charge in [-0.2, -0.15) is 0 Å². The van der Waals surface area contributed by atoms with E-state index in [1.807, 2.05) is 0 Å². The molecule has 9 heteroatoms. The summed E-state index contributed by atoms with van der Waals surface area (Å²) in [7, 11) is 1.40. The molecule has 2 aromatic carbocycles. The molecular weight excluding hydrogens is 528 g/mol. The summed E-state index contributed by atoms with van der Waals surface area (Å²) < 4.78 is 11.1. The number of halogens is 1. The topological polar surface area (TPSA) is 109 Å². The summed E-state index contributed by atoms with van der Waals surface area (Å²) in [6.45, 7) is 4.01. The molecule has 1 aliphatic heterocycles. The van der Waals surface area contributed by atoms with Crippen molar-refractivity contribution in [3.8, 4) is 17.2 Å². The van der Waals surface area contributed by atoms with Crippen LogP contribution in [-0.2, 0) is 16.1 Å². The number of carbonyl (C=O) groups excluding carboxylic acids is 2. The van der Waals surface area contributed by atoms with E-state index >= 15 is 0 Å². The summed E-state index contributed by atoms with van der Waals surface area (Å²) >= 11 is 3.30. The Kier molecular flexibility index (Phi) is 7.40. The van der Waals surface area contributed by atoms with Crippen LogP contribution in [0, 0.1) is 0 Å². The van der Waals surface area contributed by atoms with Crippen molar-refractivity contribution < 1.29 is 29.3 Å². The molecule has 0 bridgehead atoms. The minimum absolute atomic E-state index is 0.0784. The number of methoxy groups -OCH3 is 1. The van der Waals surface area contributed by atoms with Crippen LogP contribution in [-0.4, -0.2) is 45.5 Å². The van der Waals surface area contributed by atoms with Crippen molar-refractivity contribution in [2.45, 2.75) is 12.6 Å². The number of nitrogens with zero attached hydrogens (tertiary/aromatic N) is 2. The number of aliphatic hydroxyl groups excluding tert-OH is 1. The monoisotopic (exact) mass is 550 g/mol. The van der Waals surface area contributed by atoms with Gasteiger partial charge in [-0.05, 0) is 69.5 Å². The average Bonchev–Trinajstić information content (AvgIpc) is 3.14. The zero-order chi connectivity index (χ0) is 25.8. The summed E-state index contributed by atoms with van der Waals surface area (Å²) in [4.78, 5) is 31.9. The van der Waals surface area contributed by atoms with Gasteiger partial charge in [0.05, 0.1) is 23.2 Å². The van der Waals surface area contributed by atoms with Gasteiger partial charge in [0, 0.05) is 24.5 Å². The number of benzene rings is 2. The van der Waals surface area contributed by atoms with Gasteiger partial charge in [0.1, 0.15) is 18.1 Å². The van der Waals surface area contributed by atoms with Gasteiger partial charge in [-0.3, -0.25) is 14.6 Å². The number of pyridine rings is 1. The quantitative estimate of drug-likeness (QED) is 0.180. The summed E-state index contributed by atoms with van der Waals surface area (Å²) in [5.74, 6) is -1.33. The Morgan fingerprint density at radius 2 is 1.97 bits per heavy atom. The number of amides is 1. The number of aromatic hydroxyl groups is 1. The highest BCUT2D eigenvalue weighted by molar-refractivity contribution is 9.10. The van der Waals surface area contributed by atoms with Crippen LogP contribution < -0.4 is 9.47 Å². The number of rotatable bonds is 8. The van der Waals surface area contributed by atoms with Crippen molar-refractivity contribution in [2.75, 3.05) is 13.7 Å². The first-order chi connectivity index (χ1) is 17.3. The van der Waals surface area contributed by atoms with Crippen LogP contribution in [0.15, 0.2) is 83.6 Å². The molecule has 2 N–H and O–H groups in total. The summed E-state index contributed by atoms with van der Waals surface area (Å²) in [6, 6.07) is 12.2. The molecule has 2 heterocycles. The third kappa shape index (κ3) is 4.83. The third-order valence-electron chi connectivity index (χ3n) is 5.70. The van der Waals surface area contributed by atoms with E-state index in [1.54, 1.807) is 60.9 Å². The fraction of sp³-hybridized carbons (Fsp3) is 0.148. The number of ketones is 1. The fourth-order valence-electron chi connectivity index (χ4n) is 4.00. The molecule has 1 amide bonds. The Morgan fingerprint density at radius 1 is 1.22 bits per heavy atom. The smallest absolute Gasteiger partial charge is 0.295 e. The molecule has 0 spiro atoms. The highest BCUT2D eigenvalue weighted by Crippen LogP contribution is 2.44. The predicted octanol–water partition coefficient (Wildman–Crippen LogP) is 4.75. The molecule has 1 aromatic heterocycles. The van der Waals surface area contributed by atoms with Crippen LogP contribution in [0.4, 0.5) is 0 Å². The molecule has 0 aliphatic carbocycles. The number of hydrogen-bond donors (Lipinski definition) is 2. The SMILES string of the molecule is C=CCOc1ccc(C(O)=C2C(=O)C(=O)N(Cc3cccnc3)[C@@H]2c2cc(Br)c(O)c(OC)c2)cc1. The minimum atomic E-state index is -0.951. The predicted molar refractivity (Wildman–Crippen MR) is 137 cm³/mol. The van der Waals surface area contributed by atoms with E-state index in [1.165, 1.54) is 18.1 Å². The summed E-state index contributed by atoms with van der Waals surface area (Å²) in [5, 5.41) is 21.6. The first-order valence-corrected chi connectivity index (χ1v) is 11.7. The number of likely N-dealkylation sites (tertiary alicyclic amines) is 1. The lowest BCUT2D eigenvalue weighted by atomic mass is 9.94. The highest BCUT2D eigenvalue weighted by atomic mass is 79.9.